The highest BCUT2D eigenvalue weighted by Crippen LogP contribution is 2.23. The fraction of sp³-hybridized carbons (Fsp3) is 0.318. The first kappa shape index (κ1) is 22.7. The minimum Gasteiger partial charge on any atom is -0.497 e. The van der Waals surface area contributed by atoms with Gasteiger partial charge in [-0.3, -0.25) is 9.59 Å². The third kappa shape index (κ3) is 5.97. The van der Waals surface area contributed by atoms with Gasteiger partial charge in [-0.15, -0.1) is 0 Å². The molecule has 8 heteroatoms. The van der Waals surface area contributed by atoms with E-state index in [2.05, 4.69) is 5.32 Å². The molecule has 2 rings (SSSR count). The van der Waals surface area contributed by atoms with Crippen molar-refractivity contribution in [3.05, 3.63) is 53.6 Å². The van der Waals surface area contributed by atoms with E-state index in [-0.39, 0.29) is 11.5 Å². The number of hydrogen-bond donors (Lipinski definition) is 1. The Labute approximate surface area is 175 Å². The summed E-state index contributed by atoms with van der Waals surface area (Å²) in [5, 5.41) is 2.63. The standard InChI is InChI=1S/C22H26N2O6/c1-5-24(6-2)21(26)15-7-9-17(10-8-15)23-20(25)14-30-22(27)16-11-18(28-3)13-19(12-16)29-4/h7-13H,5-6,14H2,1-4H3,(H,23,25). The number of carbonyl (C=O) groups excluding carboxylic acids is 3. The number of methoxy groups -OCH3 is 2. The van der Waals surface area contributed by atoms with Gasteiger partial charge in [0.05, 0.1) is 19.8 Å². The van der Waals surface area contributed by atoms with Crippen molar-refractivity contribution in [3.63, 3.8) is 0 Å². The number of esters is 1. The number of nitrogens with one attached hydrogen (secondary N) is 1. The minimum absolute atomic E-state index is 0.0690. The van der Waals surface area contributed by atoms with Crippen molar-refractivity contribution in [1.29, 1.82) is 0 Å². The first-order chi connectivity index (χ1) is 14.4. The predicted molar refractivity (Wildman–Crippen MR) is 112 cm³/mol. The molecule has 0 atom stereocenters. The van der Waals surface area contributed by atoms with E-state index in [0.29, 0.717) is 35.8 Å². The first-order valence-electron chi connectivity index (χ1n) is 9.51. The van der Waals surface area contributed by atoms with Gasteiger partial charge in [0.2, 0.25) is 0 Å². The van der Waals surface area contributed by atoms with Gasteiger partial charge in [0, 0.05) is 30.4 Å². The van der Waals surface area contributed by atoms with Gasteiger partial charge in [-0.25, -0.2) is 4.79 Å². The molecule has 0 aromatic heterocycles. The molecule has 0 heterocycles. The van der Waals surface area contributed by atoms with Crippen LogP contribution in [-0.4, -0.2) is 56.6 Å². The maximum atomic E-state index is 12.3. The minimum atomic E-state index is -0.678. The summed E-state index contributed by atoms with van der Waals surface area (Å²) < 4.78 is 15.3. The number of ether oxygens (including phenoxy) is 3. The predicted octanol–water partition coefficient (Wildman–Crippen LogP) is 2.98. The lowest BCUT2D eigenvalue weighted by Crippen LogP contribution is -2.30. The highest BCUT2D eigenvalue weighted by atomic mass is 16.5. The van der Waals surface area contributed by atoms with Crippen LogP contribution in [-0.2, 0) is 9.53 Å². The molecule has 0 aliphatic heterocycles. The SMILES string of the molecule is CCN(CC)C(=O)c1ccc(NC(=O)COC(=O)c2cc(OC)cc(OC)c2)cc1. The molecule has 160 valence electrons. The van der Waals surface area contributed by atoms with E-state index in [4.69, 9.17) is 14.2 Å². The molecule has 0 unspecified atom stereocenters. The number of amides is 2. The second-order valence-corrected chi connectivity index (χ2v) is 6.28. The highest BCUT2D eigenvalue weighted by molar-refractivity contribution is 5.97. The fourth-order valence-electron chi connectivity index (χ4n) is 2.73. The van der Waals surface area contributed by atoms with Crippen LogP contribution in [0.3, 0.4) is 0 Å². The Hall–Kier alpha value is -3.55. The summed E-state index contributed by atoms with van der Waals surface area (Å²) in [5.74, 6) is -0.376. The summed E-state index contributed by atoms with van der Waals surface area (Å²) in [6.45, 7) is 4.62. The number of hydrogen-bond acceptors (Lipinski definition) is 6. The molecule has 0 fully saturated rings. The van der Waals surface area contributed by atoms with E-state index in [1.54, 1.807) is 35.2 Å². The Balaban J connectivity index is 1.93. The van der Waals surface area contributed by atoms with Crippen molar-refractivity contribution >= 4 is 23.5 Å². The van der Waals surface area contributed by atoms with Gasteiger partial charge in [0.25, 0.3) is 11.8 Å². The Morgan fingerprint density at radius 2 is 1.43 bits per heavy atom. The van der Waals surface area contributed by atoms with Crippen molar-refractivity contribution in [1.82, 2.24) is 4.90 Å². The van der Waals surface area contributed by atoms with E-state index in [1.165, 1.54) is 26.4 Å². The Bertz CT molecular complexity index is 869. The molecule has 1 N–H and O–H groups in total. The topological polar surface area (TPSA) is 94.2 Å². The number of rotatable bonds is 9. The van der Waals surface area contributed by atoms with Crippen molar-refractivity contribution in [2.45, 2.75) is 13.8 Å². The van der Waals surface area contributed by atoms with Gasteiger partial charge in [-0.2, -0.15) is 0 Å². The van der Waals surface area contributed by atoms with Crippen molar-refractivity contribution in [2.75, 3.05) is 39.2 Å². The van der Waals surface area contributed by atoms with E-state index < -0.39 is 18.5 Å². The highest BCUT2D eigenvalue weighted by Gasteiger charge is 2.15. The molecular weight excluding hydrogens is 388 g/mol. The Kier molecular flexibility index (Phi) is 8.22. The summed E-state index contributed by atoms with van der Waals surface area (Å²) in [6.07, 6.45) is 0. The van der Waals surface area contributed by atoms with Gasteiger partial charge in [0.15, 0.2) is 6.61 Å². The van der Waals surface area contributed by atoms with Gasteiger partial charge in [-0.05, 0) is 50.2 Å². The van der Waals surface area contributed by atoms with Crippen LogP contribution >= 0.6 is 0 Å². The van der Waals surface area contributed by atoms with Crippen LogP contribution in [0, 0.1) is 0 Å². The number of benzene rings is 2. The lowest BCUT2D eigenvalue weighted by atomic mass is 10.1. The monoisotopic (exact) mass is 414 g/mol. The summed E-state index contributed by atoms with van der Waals surface area (Å²) in [6, 6.07) is 11.2. The maximum absolute atomic E-state index is 12.3. The van der Waals surface area contributed by atoms with E-state index in [9.17, 15) is 14.4 Å². The van der Waals surface area contributed by atoms with Gasteiger partial charge in [0.1, 0.15) is 11.5 Å². The van der Waals surface area contributed by atoms with Crippen LogP contribution in [0.2, 0.25) is 0 Å². The molecule has 0 spiro atoms. The zero-order valence-electron chi connectivity index (χ0n) is 17.6. The van der Waals surface area contributed by atoms with Gasteiger partial charge >= 0.3 is 5.97 Å². The number of anilines is 1. The lowest BCUT2D eigenvalue weighted by Gasteiger charge is -2.18. The molecule has 0 radical (unpaired) electrons. The third-order valence-electron chi connectivity index (χ3n) is 4.39. The molecule has 0 saturated heterocycles. The first-order valence-corrected chi connectivity index (χ1v) is 9.51. The average molecular weight is 414 g/mol. The van der Waals surface area contributed by atoms with E-state index in [0.717, 1.165) is 0 Å². The van der Waals surface area contributed by atoms with E-state index in [1.807, 2.05) is 13.8 Å². The second kappa shape index (κ2) is 10.8. The van der Waals surface area contributed by atoms with Crippen LogP contribution in [0.25, 0.3) is 0 Å². The van der Waals surface area contributed by atoms with Crippen LogP contribution < -0.4 is 14.8 Å². The van der Waals surface area contributed by atoms with Crippen molar-refractivity contribution in [3.8, 4) is 11.5 Å². The quantitative estimate of drug-likeness (QED) is 0.634. The molecule has 2 amide bonds. The smallest absolute Gasteiger partial charge is 0.338 e. The molecule has 2 aromatic carbocycles. The van der Waals surface area contributed by atoms with E-state index >= 15 is 0 Å². The molecule has 0 bridgehead atoms. The summed E-state index contributed by atoms with van der Waals surface area (Å²) >= 11 is 0. The normalized spacial score (nSPS) is 10.1. The lowest BCUT2D eigenvalue weighted by molar-refractivity contribution is -0.119. The molecular formula is C22H26N2O6. The van der Waals surface area contributed by atoms with Crippen LogP contribution in [0.5, 0.6) is 11.5 Å². The summed E-state index contributed by atoms with van der Waals surface area (Å²) in [4.78, 5) is 38.3. The number of nitrogens with zero attached hydrogens (tertiary/aromatic N) is 1. The zero-order chi connectivity index (χ0) is 22.1. The maximum Gasteiger partial charge on any atom is 0.338 e. The second-order valence-electron chi connectivity index (χ2n) is 6.28. The van der Waals surface area contributed by atoms with Crippen molar-refractivity contribution < 1.29 is 28.6 Å². The van der Waals surface area contributed by atoms with Crippen LogP contribution in [0.4, 0.5) is 5.69 Å². The summed E-state index contributed by atoms with van der Waals surface area (Å²) in [5.41, 5.74) is 1.24. The zero-order valence-corrected chi connectivity index (χ0v) is 17.6. The third-order valence-corrected chi connectivity index (χ3v) is 4.39. The Morgan fingerprint density at radius 3 is 1.93 bits per heavy atom. The molecule has 2 aromatic rings. The summed E-state index contributed by atoms with van der Waals surface area (Å²) in [7, 11) is 2.94. The number of carbonyl (C=O) groups is 3. The molecule has 0 saturated carbocycles. The van der Waals surface area contributed by atoms with Crippen molar-refractivity contribution in [2.24, 2.45) is 0 Å². The average Bonchev–Trinajstić information content (AvgIpc) is 2.78. The van der Waals surface area contributed by atoms with Gasteiger partial charge < -0.3 is 24.4 Å². The molecule has 0 aliphatic carbocycles. The Morgan fingerprint density at radius 1 is 0.867 bits per heavy atom. The molecule has 8 nitrogen and oxygen atoms in total. The largest absolute Gasteiger partial charge is 0.497 e. The van der Waals surface area contributed by atoms with Crippen LogP contribution in [0.1, 0.15) is 34.6 Å². The van der Waals surface area contributed by atoms with Gasteiger partial charge in [-0.1, -0.05) is 0 Å². The fourth-order valence-corrected chi connectivity index (χ4v) is 2.73. The molecule has 30 heavy (non-hydrogen) atoms. The molecule has 0 aliphatic rings. The van der Waals surface area contributed by atoms with Crippen LogP contribution in [0.15, 0.2) is 42.5 Å².